The summed E-state index contributed by atoms with van der Waals surface area (Å²) in [5.74, 6) is 2.45. The Morgan fingerprint density at radius 1 is 1.25 bits per heavy atom. The molecule has 3 fully saturated rings. The van der Waals surface area contributed by atoms with Gasteiger partial charge in [-0.15, -0.1) is 0 Å². The molecule has 3 saturated carbocycles. The van der Waals surface area contributed by atoms with Gasteiger partial charge in [0.15, 0.2) is 0 Å². The minimum atomic E-state index is 0.386. The Bertz CT molecular complexity index is 372. The molecule has 0 aliphatic heterocycles. The van der Waals surface area contributed by atoms with Crippen LogP contribution in [0.3, 0.4) is 0 Å². The molecule has 1 aromatic heterocycles. The van der Waals surface area contributed by atoms with Crippen LogP contribution < -0.4 is 10.5 Å². The van der Waals surface area contributed by atoms with Gasteiger partial charge in [0.1, 0.15) is 11.9 Å². The highest BCUT2D eigenvalue weighted by Crippen LogP contribution is 2.43. The maximum absolute atomic E-state index is 6.06. The van der Waals surface area contributed by atoms with E-state index in [1.165, 1.54) is 32.1 Å². The summed E-state index contributed by atoms with van der Waals surface area (Å²) >= 11 is 0. The van der Waals surface area contributed by atoms with Crippen LogP contribution in [0.2, 0.25) is 0 Å². The fourth-order valence-electron chi connectivity index (χ4n) is 3.13. The van der Waals surface area contributed by atoms with Gasteiger partial charge in [0.25, 0.3) is 0 Å². The minimum absolute atomic E-state index is 0.386. The number of hydrogen-bond acceptors (Lipinski definition) is 3. The first-order valence-corrected chi connectivity index (χ1v) is 6.19. The third kappa shape index (κ3) is 1.75. The highest BCUT2D eigenvalue weighted by Gasteiger charge is 2.37. The normalized spacial score (nSPS) is 32.6. The molecule has 1 aromatic rings. The Balaban J connectivity index is 1.73. The molecule has 2 N–H and O–H groups in total. The van der Waals surface area contributed by atoms with Crippen molar-refractivity contribution in [3.8, 4) is 5.75 Å². The van der Waals surface area contributed by atoms with Crippen molar-refractivity contribution in [2.45, 2.75) is 38.2 Å². The van der Waals surface area contributed by atoms with Crippen molar-refractivity contribution >= 4 is 5.69 Å². The number of fused-ring (bicyclic) bond motifs is 3. The van der Waals surface area contributed by atoms with Gasteiger partial charge in [0.05, 0.1) is 11.9 Å². The topological polar surface area (TPSA) is 48.1 Å². The fourth-order valence-corrected chi connectivity index (χ4v) is 3.13. The first-order chi connectivity index (χ1) is 7.83. The molecular formula is C13H18N2O. The molecule has 1 heterocycles. The largest absolute Gasteiger partial charge is 0.488 e. The second kappa shape index (κ2) is 3.96. The Kier molecular flexibility index (Phi) is 2.46. The van der Waals surface area contributed by atoms with E-state index >= 15 is 0 Å². The van der Waals surface area contributed by atoms with Crippen molar-refractivity contribution in [1.82, 2.24) is 4.98 Å². The Morgan fingerprint density at radius 3 is 2.69 bits per heavy atom. The highest BCUT2D eigenvalue weighted by atomic mass is 16.5. The smallest absolute Gasteiger partial charge is 0.145 e. The average molecular weight is 218 g/mol. The lowest BCUT2D eigenvalue weighted by molar-refractivity contribution is 0.0205. The van der Waals surface area contributed by atoms with Crippen LogP contribution in [-0.4, -0.2) is 11.1 Å². The van der Waals surface area contributed by atoms with Gasteiger partial charge in [0.2, 0.25) is 0 Å². The third-order valence-electron chi connectivity index (χ3n) is 4.07. The summed E-state index contributed by atoms with van der Waals surface area (Å²) < 4.78 is 6.06. The van der Waals surface area contributed by atoms with Crippen LogP contribution >= 0.6 is 0 Å². The van der Waals surface area contributed by atoms with Gasteiger partial charge in [-0.2, -0.15) is 0 Å². The van der Waals surface area contributed by atoms with E-state index in [0.717, 1.165) is 17.6 Å². The van der Waals surface area contributed by atoms with Gasteiger partial charge in [-0.25, -0.2) is 0 Å². The van der Waals surface area contributed by atoms with Gasteiger partial charge < -0.3 is 10.5 Å². The molecule has 0 saturated heterocycles. The van der Waals surface area contributed by atoms with Gasteiger partial charge in [-0.05, 0) is 43.9 Å². The van der Waals surface area contributed by atoms with Crippen molar-refractivity contribution in [2.75, 3.05) is 5.73 Å². The Morgan fingerprint density at radius 2 is 2.06 bits per heavy atom. The minimum Gasteiger partial charge on any atom is -0.488 e. The molecule has 0 aromatic carbocycles. The van der Waals surface area contributed by atoms with Crippen LogP contribution in [0.5, 0.6) is 5.75 Å². The number of nitrogen functional groups attached to an aromatic ring is 1. The van der Waals surface area contributed by atoms with E-state index in [1.54, 1.807) is 12.4 Å². The predicted molar refractivity (Wildman–Crippen MR) is 63.1 cm³/mol. The summed E-state index contributed by atoms with van der Waals surface area (Å²) in [4.78, 5) is 3.98. The van der Waals surface area contributed by atoms with Crippen molar-refractivity contribution in [3.05, 3.63) is 18.5 Å². The lowest BCUT2D eigenvalue weighted by atomic mass is 9.69. The molecule has 86 valence electrons. The van der Waals surface area contributed by atoms with Crippen molar-refractivity contribution < 1.29 is 4.74 Å². The van der Waals surface area contributed by atoms with E-state index in [1.807, 2.05) is 6.07 Å². The molecule has 16 heavy (non-hydrogen) atoms. The molecule has 2 bridgehead atoms. The number of hydrogen-bond donors (Lipinski definition) is 1. The molecule has 3 aliphatic rings. The van der Waals surface area contributed by atoms with Crippen molar-refractivity contribution in [2.24, 2.45) is 11.8 Å². The second-order valence-electron chi connectivity index (χ2n) is 5.09. The molecule has 0 spiro atoms. The number of aromatic nitrogens is 1. The zero-order valence-electron chi connectivity index (χ0n) is 9.43. The zero-order chi connectivity index (χ0) is 11.0. The van der Waals surface area contributed by atoms with Crippen LogP contribution in [0.1, 0.15) is 32.1 Å². The third-order valence-corrected chi connectivity index (χ3v) is 4.07. The quantitative estimate of drug-likeness (QED) is 0.830. The maximum atomic E-state index is 6.06. The van der Waals surface area contributed by atoms with E-state index in [4.69, 9.17) is 10.5 Å². The number of nitrogens with two attached hydrogens (primary N) is 1. The molecule has 1 atom stereocenters. The van der Waals surface area contributed by atoms with E-state index in [9.17, 15) is 0 Å². The second-order valence-corrected chi connectivity index (χ2v) is 5.09. The molecular weight excluding hydrogens is 200 g/mol. The SMILES string of the molecule is Nc1cnccc1O[C@H]1CC2CCC1CC2. The molecule has 3 heteroatoms. The number of rotatable bonds is 2. The number of anilines is 1. The van der Waals surface area contributed by atoms with E-state index < -0.39 is 0 Å². The average Bonchev–Trinajstić information content (AvgIpc) is 2.34. The molecule has 4 rings (SSSR count). The van der Waals surface area contributed by atoms with Crippen LogP contribution in [0.25, 0.3) is 0 Å². The lowest BCUT2D eigenvalue weighted by Crippen LogP contribution is -2.39. The van der Waals surface area contributed by atoms with Gasteiger partial charge >= 0.3 is 0 Å². The Labute approximate surface area is 96.0 Å². The van der Waals surface area contributed by atoms with Crippen LogP contribution in [0.4, 0.5) is 5.69 Å². The van der Waals surface area contributed by atoms with Crippen LogP contribution in [-0.2, 0) is 0 Å². The zero-order valence-corrected chi connectivity index (χ0v) is 9.43. The van der Waals surface area contributed by atoms with Gasteiger partial charge in [0, 0.05) is 12.3 Å². The number of pyridine rings is 1. The van der Waals surface area contributed by atoms with E-state index in [0.29, 0.717) is 11.8 Å². The van der Waals surface area contributed by atoms with Crippen LogP contribution in [0, 0.1) is 11.8 Å². The van der Waals surface area contributed by atoms with Gasteiger partial charge in [-0.1, -0.05) is 0 Å². The summed E-state index contributed by atoms with van der Waals surface area (Å²) in [7, 11) is 0. The summed E-state index contributed by atoms with van der Waals surface area (Å²) in [6.45, 7) is 0. The maximum Gasteiger partial charge on any atom is 0.145 e. The molecule has 3 nitrogen and oxygen atoms in total. The van der Waals surface area contributed by atoms with E-state index in [2.05, 4.69) is 4.98 Å². The van der Waals surface area contributed by atoms with Crippen LogP contribution in [0.15, 0.2) is 18.5 Å². The highest BCUT2D eigenvalue weighted by molar-refractivity contribution is 5.49. The molecule has 3 aliphatic carbocycles. The fraction of sp³-hybridized carbons (Fsp3) is 0.615. The Hall–Kier alpha value is -1.25. The first-order valence-electron chi connectivity index (χ1n) is 6.19. The van der Waals surface area contributed by atoms with Crippen molar-refractivity contribution in [1.29, 1.82) is 0 Å². The van der Waals surface area contributed by atoms with E-state index in [-0.39, 0.29) is 0 Å². The van der Waals surface area contributed by atoms with Gasteiger partial charge in [-0.3, -0.25) is 4.98 Å². The summed E-state index contributed by atoms with van der Waals surface area (Å²) in [5.41, 5.74) is 6.50. The molecule has 0 radical (unpaired) electrons. The molecule has 0 amide bonds. The summed E-state index contributed by atoms with van der Waals surface area (Å²) in [6.07, 6.45) is 10.5. The number of nitrogens with zero attached hydrogens (tertiary/aromatic N) is 1. The predicted octanol–water partition coefficient (Wildman–Crippen LogP) is 2.62. The lowest BCUT2D eigenvalue weighted by Gasteiger charge is -2.42. The summed E-state index contributed by atoms with van der Waals surface area (Å²) in [5, 5.41) is 0. The van der Waals surface area contributed by atoms with Crippen molar-refractivity contribution in [3.63, 3.8) is 0 Å². The molecule has 0 unspecified atom stereocenters. The standard InChI is InChI=1S/C13H18N2O/c14-11-8-15-6-5-12(11)16-13-7-9-1-3-10(13)4-2-9/h5-6,8-10,13H,1-4,7,14H2/t9?,10?,13-/m0/s1. The monoisotopic (exact) mass is 218 g/mol. The summed E-state index contributed by atoms with van der Waals surface area (Å²) in [6, 6.07) is 1.87. The number of ether oxygens (including phenoxy) is 1. The first kappa shape index (κ1) is 9.94.